The highest BCUT2D eigenvalue weighted by molar-refractivity contribution is 9.10. The van der Waals surface area contributed by atoms with Gasteiger partial charge in [0.25, 0.3) is 0 Å². The second kappa shape index (κ2) is 6.81. The first kappa shape index (κ1) is 14.9. The molecule has 2 N–H and O–H groups in total. The number of quaternary nitrogens is 1. The lowest BCUT2D eigenvalue weighted by molar-refractivity contribution is -0.906. The Hall–Kier alpha value is -0.470. The van der Waals surface area contributed by atoms with Gasteiger partial charge in [-0.15, -0.1) is 0 Å². The number of rotatable bonds is 5. The maximum absolute atomic E-state index is 12.0. The predicted molar refractivity (Wildman–Crippen MR) is 75.7 cm³/mol. The maximum atomic E-state index is 12.0. The summed E-state index contributed by atoms with van der Waals surface area (Å²) >= 11 is 3.29. The molecule has 1 heterocycles. The van der Waals surface area contributed by atoms with Crippen molar-refractivity contribution in [1.82, 2.24) is 4.72 Å². The van der Waals surface area contributed by atoms with E-state index >= 15 is 0 Å². The van der Waals surface area contributed by atoms with Gasteiger partial charge in [-0.1, -0.05) is 15.9 Å². The van der Waals surface area contributed by atoms with Crippen LogP contribution in [0.3, 0.4) is 0 Å². The van der Waals surface area contributed by atoms with Gasteiger partial charge >= 0.3 is 0 Å². The van der Waals surface area contributed by atoms with E-state index < -0.39 is 10.0 Å². The Labute approximate surface area is 122 Å². The van der Waals surface area contributed by atoms with Crippen molar-refractivity contribution in [1.29, 1.82) is 0 Å². The first-order valence-electron chi connectivity index (χ1n) is 6.24. The van der Waals surface area contributed by atoms with Crippen molar-refractivity contribution in [3.05, 3.63) is 28.7 Å². The van der Waals surface area contributed by atoms with Crippen molar-refractivity contribution in [3.8, 4) is 0 Å². The number of halogens is 1. The Kier molecular flexibility index (Phi) is 5.35. The molecule has 0 saturated carbocycles. The van der Waals surface area contributed by atoms with E-state index in [1.165, 1.54) is 4.90 Å². The van der Waals surface area contributed by atoms with E-state index in [1.807, 2.05) is 0 Å². The Morgan fingerprint density at radius 2 is 1.84 bits per heavy atom. The Morgan fingerprint density at radius 1 is 1.21 bits per heavy atom. The molecule has 0 spiro atoms. The molecule has 0 aliphatic carbocycles. The van der Waals surface area contributed by atoms with Crippen molar-refractivity contribution >= 4 is 26.0 Å². The van der Waals surface area contributed by atoms with E-state index in [0.717, 1.165) is 37.3 Å². The van der Waals surface area contributed by atoms with E-state index in [-0.39, 0.29) is 0 Å². The minimum Gasteiger partial charge on any atom is -0.370 e. The molecule has 1 aromatic carbocycles. The van der Waals surface area contributed by atoms with Crippen molar-refractivity contribution in [3.63, 3.8) is 0 Å². The van der Waals surface area contributed by atoms with E-state index in [0.29, 0.717) is 11.4 Å². The summed E-state index contributed by atoms with van der Waals surface area (Å²) in [5.41, 5.74) is 0. The third kappa shape index (κ3) is 4.54. The molecule has 0 bridgehead atoms. The van der Waals surface area contributed by atoms with Crippen LogP contribution in [-0.2, 0) is 14.8 Å². The van der Waals surface area contributed by atoms with Gasteiger partial charge in [-0.2, -0.15) is 0 Å². The highest BCUT2D eigenvalue weighted by Crippen LogP contribution is 2.14. The molecule has 5 nitrogen and oxygen atoms in total. The average molecular weight is 350 g/mol. The van der Waals surface area contributed by atoms with Gasteiger partial charge in [0.05, 0.1) is 31.2 Å². The third-order valence-corrected chi connectivity index (χ3v) is 5.10. The summed E-state index contributed by atoms with van der Waals surface area (Å²) in [5.74, 6) is 0. The van der Waals surface area contributed by atoms with Crippen molar-refractivity contribution in [2.75, 3.05) is 39.4 Å². The summed E-state index contributed by atoms with van der Waals surface area (Å²) in [6.07, 6.45) is 0. The molecule has 1 saturated heterocycles. The van der Waals surface area contributed by atoms with Crippen LogP contribution in [0.25, 0.3) is 0 Å². The molecule has 0 atom stereocenters. The van der Waals surface area contributed by atoms with Crippen LogP contribution in [0.5, 0.6) is 0 Å². The number of hydrogen-bond donors (Lipinski definition) is 2. The van der Waals surface area contributed by atoms with Gasteiger partial charge in [0, 0.05) is 4.47 Å². The third-order valence-electron chi connectivity index (χ3n) is 3.09. The van der Waals surface area contributed by atoms with Crippen LogP contribution in [-0.4, -0.2) is 47.8 Å². The average Bonchev–Trinajstić information content (AvgIpc) is 2.40. The molecule has 0 aromatic heterocycles. The van der Waals surface area contributed by atoms with Crippen molar-refractivity contribution in [2.45, 2.75) is 4.90 Å². The van der Waals surface area contributed by atoms with Crippen LogP contribution >= 0.6 is 15.9 Å². The largest absolute Gasteiger partial charge is 0.370 e. The van der Waals surface area contributed by atoms with Crippen molar-refractivity contribution in [2.24, 2.45) is 0 Å². The minimum absolute atomic E-state index is 0.299. The Balaban J connectivity index is 1.85. The molecule has 7 heteroatoms. The first-order valence-corrected chi connectivity index (χ1v) is 8.52. The zero-order valence-corrected chi connectivity index (χ0v) is 13.0. The lowest BCUT2D eigenvalue weighted by atomic mass is 10.4. The van der Waals surface area contributed by atoms with E-state index in [2.05, 4.69) is 20.7 Å². The summed E-state index contributed by atoms with van der Waals surface area (Å²) in [7, 11) is -3.39. The van der Waals surface area contributed by atoms with Gasteiger partial charge in [0.15, 0.2) is 0 Å². The summed E-state index contributed by atoms with van der Waals surface area (Å²) in [4.78, 5) is 1.68. The summed E-state index contributed by atoms with van der Waals surface area (Å²) in [6, 6.07) is 6.63. The van der Waals surface area contributed by atoms with Gasteiger partial charge in [0.1, 0.15) is 13.1 Å². The quantitative estimate of drug-likeness (QED) is 0.763. The highest BCUT2D eigenvalue weighted by atomic mass is 79.9. The number of hydrogen-bond acceptors (Lipinski definition) is 3. The Bertz CT molecular complexity index is 498. The van der Waals surface area contributed by atoms with Gasteiger partial charge in [0.2, 0.25) is 10.0 Å². The smallest absolute Gasteiger partial charge is 0.240 e. The zero-order valence-electron chi connectivity index (χ0n) is 10.6. The van der Waals surface area contributed by atoms with Crippen LogP contribution in [0, 0.1) is 0 Å². The highest BCUT2D eigenvalue weighted by Gasteiger charge is 2.17. The predicted octanol–water partition coefficient (Wildman–Crippen LogP) is -0.357. The first-order chi connectivity index (χ1) is 9.08. The van der Waals surface area contributed by atoms with Crippen LogP contribution in [0.15, 0.2) is 33.6 Å². The van der Waals surface area contributed by atoms with Gasteiger partial charge < -0.3 is 9.64 Å². The molecule has 1 aliphatic rings. The molecule has 0 unspecified atom stereocenters. The number of morpholine rings is 1. The van der Waals surface area contributed by atoms with Crippen LogP contribution in [0.2, 0.25) is 0 Å². The van der Waals surface area contributed by atoms with Crippen molar-refractivity contribution < 1.29 is 18.1 Å². The molecule has 0 amide bonds. The summed E-state index contributed by atoms with van der Waals surface area (Å²) in [5, 5.41) is 0. The molecule has 19 heavy (non-hydrogen) atoms. The molecule has 2 rings (SSSR count). The molecular formula is C12H18BrN2O3S+. The van der Waals surface area contributed by atoms with Gasteiger partial charge in [-0.3, -0.25) is 0 Å². The lowest BCUT2D eigenvalue weighted by Gasteiger charge is -2.23. The normalized spacial score (nSPS) is 17.5. The summed E-state index contributed by atoms with van der Waals surface area (Å²) in [6.45, 7) is 4.65. The fourth-order valence-electron chi connectivity index (χ4n) is 1.97. The molecular weight excluding hydrogens is 332 g/mol. The maximum Gasteiger partial charge on any atom is 0.240 e. The number of benzene rings is 1. The molecule has 1 aliphatic heterocycles. The number of ether oxygens (including phenoxy) is 1. The minimum atomic E-state index is -3.39. The Morgan fingerprint density at radius 3 is 2.47 bits per heavy atom. The van der Waals surface area contributed by atoms with E-state index in [1.54, 1.807) is 24.3 Å². The molecule has 0 radical (unpaired) electrons. The molecule has 1 fully saturated rings. The lowest BCUT2D eigenvalue weighted by Crippen LogP contribution is -3.14. The second-order valence-electron chi connectivity index (χ2n) is 4.46. The van der Waals surface area contributed by atoms with E-state index in [4.69, 9.17) is 4.74 Å². The number of nitrogens with one attached hydrogen (secondary N) is 2. The second-order valence-corrected chi connectivity index (χ2v) is 7.15. The fraction of sp³-hybridized carbons (Fsp3) is 0.500. The van der Waals surface area contributed by atoms with Crippen LogP contribution < -0.4 is 9.62 Å². The standard InChI is InChI=1S/C12H17BrN2O3S/c13-11-1-3-12(4-2-11)19(16,17)14-5-6-15-7-9-18-10-8-15/h1-4,14H,5-10H2/p+1. The monoisotopic (exact) mass is 349 g/mol. The number of sulfonamides is 1. The SMILES string of the molecule is O=S(=O)(NCC[NH+]1CCOCC1)c1ccc(Br)cc1. The van der Waals surface area contributed by atoms with Crippen LogP contribution in [0.1, 0.15) is 0 Å². The van der Waals surface area contributed by atoms with Crippen LogP contribution in [0.4, 0.5) is 0 Å². The van der Waals surface area contributed by atoms with Gasteiger partial charge in [-0.05, 0) is 24.3 Å². The summed E-state index contributed by atoms with van der Waals surface area (Å²) < 4.78 is 32.8. The fourth-order valence-corrected chi connectivity index (χ4v) is 3.27. The van der Waals surface area contributed by atoms with E-state index in [9.17, 15) is 8.42 Å². The molecule has 1 aromatic rings. The zero-order chi connectivity index (χ0) is 13.7. The topological polar surface area (TPSA) is 59.8 Å². The molecule has 106 valence electrons. The van der Waals surface area contributed by atoms with Gasteiger partial charge in [-0.25, -0.2) is 13.1 Å².